The molecule has 0 amide bonds. The van der Waals surface area contributed by atoms with E-state index in [0.717, 1.165) is 44.4 Å². The Bertz CT molecular complexity index is 1890. The first-order chi connectivity index (χ1) is 18.7. The second-order valence-corrected chi connectivity index (χ2v) is 9.28. The molecule has 5 heteroatoms. The number of ether oxygens (including phenoxy) is 1. The maximum Gasteiger partial charge on any atom is 0.338 e. The predicted octanol–water partition coefficient (Wildman–Crippen LogP) is 7.14. The number of nitrogens with zero attached hydrogens (tertiary/aromatic N) is 2. The molecule has 0 saturated carbocycles. The maximum absolute atomic E-state index is 12.8. The monoisotopic (exact) mass is 492 g/mol. The van der Waals surface area contributed by atoms with Gasteiger partial charge in [0.1, 0.15) is 0 Å². The summed E-state index contributed by atoms with van der Waals surface area (Å²) in [6.07, 6.45) is 0. The lowest BCUT2D eigenvalue weighted by molar-refractivity contribution is 0.0475. The van der Waals surface area contributed by atoms with Crippen LogP contribution >= 0.6 is 0 Å². The minimum atomic E-state index is -0.575. The van der Waals surface area contributed by atoms with Crippen molar-refractivity contribution in [3.05, 3.63) is 120 Å². The summed E-state index contributed by atoms with van der Waals surface area (Å²) in [6, 6.07) is 34.7. The molecule has 180 valence electrons. The molecule has 0 radical (unpaired) electrons. The van der Waals surface area contributed by atoms with Gasteiger partial charge in [0.15, 0.2) is 12.4 Å². The predicted molar refractivity (Wildman–Crippen MR) is 148 cm³/mol. The van der Waals surface area contributed by atoms with E-state index in [0.29, 0.717) is 22.2 Å². The van der Waals surface area contributed by atoms with Crippen LogP contribution in [0.2, 0.25) is 0 Å². The zero-order chi connectivity index (χ0) is 25.6. The first-order valence-electron chi connectivity index (χ1n) is 12.4. The fraction of sp³-hybridized carbons (Fsp3) is 0.0303. The number of hydrogen-bond acceptors (Lipinski definition) is 5. The molecule has 0 saturated heterocycles. The van der Waals surface area contributed by atoms with Crippen molar-refractivity contribution < 1.29 is 14.3 Å². The van der Waals surface area contributed by atoms with E-state index in [1.807, 2.05) is 60.7 Å². The molecule has 1 heterocycles. The normalized spacial score (nSPS) is 11.5. The summed E-state index contributed by atoms with van der Waals surface area (Å²) < 4.78 is 5.36. The first-order valence-corrected chi connectivity index (χ1v) is 12.4. The fourth-order valence-corrected chi connectivity index (χ4v) is 5.07. The molecule has 0 spiro atoms. The molecule has 5 aromatic carbocycles. The van der Waals surface area contributed by atoms with Crippen LogP contribution in [0.3, 0.4) is 0 Å². The maximum atomic E-state index is 12.8. The van der Waals surface area contributed by atoms with E-state index in [9.17, 15) is 9.59 Å². The van der Waals surface area contributed by atoms with Crippen LogP contribution in [0.1, 0.15) is 20.7 Å². The fourth-order valence-electron chi connectivity index (χ4n) is 5.07. The third-order valence-electron chi connectivity index (χ3n) is 6.96. The van der Waals surface area contributed by atoms with Crippen molar-refractivity contribution in [3.8, 4) is 33.6 Å². The van der Waals surface area contributed by atoms with Gasteiger partial charge in [-0.2, -0.15) is 0 Å². The van der Waals surface area contributed by atoms with Gasteiger partial charge >= 0.3 is 5.97 Å². The Morgan fingerprint density at radius 2 is 1.24 bits per heavy atom. The molecular formula is C33H20N2O3. The number of carbonyl (C=O) groups excluding carboxylic acids is 2. The van der Waals surface area contributed by atoms with Crippen LogP contribution in [-0.4, -0.2) is 28.3 Å². The summed E-state index contributed by atoms with van der Waals surface area (Å²) in [5.41, 5.74) is 7.98. The Labute approximate surface area is 218 Å². The number of fused-ring (bicyclic) bond motifs is 4. The highest BCUT2D eigenvalue weighted by atomic mass is 16.5. The number of esters is 1. The summed E-state index contributed by atoms with van der Waals surface area (Å²) >= 11 is 0. The minimum Gasteiger partial charge on any atom is -0.454 e. The molecular weight excluding hydrogens is 472 g/mol. The van der Waals surface area contributed by atoms with E-state index in [2.05, 4.69) is 18.2 Å². The minimum absolute atomic E-state index is 0.262. The van der Waals surface area contributed by atoms with E-state index in [4.69, 9.17) is 14.7 Å². The van der Waals surface area contributed by atoms with Gasteiger partial charge in [-0.25, -0.2) is 14.8 Å². The molecule has 1 aromatic heterocycles. The molecule has 7 rings (SSSR count). The van der Waals surface area contributed by atoms with Gasteiger partial charge in [-0.15, -0.1) is 0 Å². The average molecular weight is 493 g/mol. The van der Waals surface area contributed by atoms with E-state index < -0.39 is 5.97 Å². The topological polar surface area (TPSA) is 69.2 Å². The summed E-state index contributed by atoms with van der Waals surface area (Å²) in [5.74, 6) is -0.837. The van der Waals surface area contributed by atoms with E-state index in [1.165, 1.54) is 0 Å². The van der Waals surface area contributed by atoms with Gasteiger partial charge in [-0.3, -0.25) is 4.79 Å². The Balaban J connectivity index is 1.11. The van der Waals surface area contributed by atoms with Gasteiger partial charge in [0.2, 0.25) is 0 Å². The summed E-state index contributed by atoms with van der Waals surface area (Å²) in [4.78, 5) is 35.2. The molecule has 0 unspecified atom stereocenters. The van der Waals surface area contributed by atoms with Crippen LogP contribution in [0, 0.1) is 0 Å². The molecule has 0 atom stereocenters. The average Bonchev–Trinajstić information content (AvgIpc) is 3.29. The van der Waals surface area contributed by atoms with Gasteiger partial charge in [0.05, 0.1) is 28.0 Å². The van der Waals surface area contributed by atoms with Crippen LogP contribution in [0.15, 0.2) is 109 Å². The lowest BCUT2D eigenvalue weighted by Crippen LogP contribution is -2.14. The van der Waals surface area contributed by atoms with Crippen molar-refractivity contribution in [1.82, 2.24) is 9.97 Å². The van der Waals surface area contributed by atoms with Crippen LogP contribution in [-0.2, 0) is 4.74 Å². The van der Waals surface area contributed by atoms with Gasteiger partial charge < -0.3 is 4.74 Å². The first kappa shape index (κ1) is 22.1. The number of carbonyl (C=O) groups is 2. The van der Waals surface area contributed by atoms with Crippen LogP contribution in [0.4, 0.5) is 0 Å². The Kier molecular flexibility index (Phi) is 5.08. The number of hydrogen-bond donors (Lipinski definition) is 0. The van der Waals surface area contributed by atoms with Gasteiger partial charge in [0.25, 0.3) is 0 Å². The highest BCUT2D eigenvalue weighted by Gasteiger charge is 2.24. The molecule has 0 N–H and O–H groups in total. The second-order valence-electron chi connectivity index (χ2n) is 9.28. The van der Waals surface area contributed by atoms with Crippen molar-refractivity contribution in [2.24, 2.45) is 0 Å². The largest absolute Gasteiger partial charge is 0.454 e. The molecule has 1 aliphatic carbocycles. The zero-order valence-electron chi connectivity index (χ0n) is 20.2. The zero-order valence-corrected chi connectivity index (χ0v) is 20.2. The quantitative estimate of drug-likeness (QED) is 0.189. The van der Waals surface area contributed by atoms with E-state index in [-0.39, 0.29) is 12.4 Å². The number of ketones is 1. The number of aromatic nitrogens is 2. The van der Waals surface area contributed by atoms with Crippen LogP contribution in [0.5, 0.6) is 0 Å². The lowest BCUT2D eigenvalue weighted by atomic mass is 10.0. The second kappa shape index (κ2) is 8.75. The van der Waals surface area contributed by atoms with Crippen LogP contribution in [0.25, 0.3) is 55.4 Å². The van der Waals surface area contributed by atoms with Gasteiger partial charge in [-0.1, -0.05) is 91.0 Å². The Morgan fingerprint density at radius 3 is 1.95 bits per heavy atom. The highest BCUT2D eigenvalue weighted by molar-refractivity contribution is 6.14. The smallest absolute Gasteiger partial charge is 0.338 e. The Morgan fingerprint density at radius 1 is 0.605 bits per heavy atom. The third-order valence-corrected chi connectivity index (χ3v) is 6.96. The standard InChI is InChI=1S/C33H20N2O3/c36-29(22-14-12-21(13-15-22)20-6-2-1-3-7-20)19-38-33(37)24-16-17-27-28(18-24)35-32-26-11-5-9-23-8-4-10-25(30(23)26)31(32)34-27/h1-18H,19H2. The van der Waals surface area contributed by atoms with Gasteiger partial charge in [-0.05, 0) is 34.7 Å². The van der Waals surface area contributed by atoms with E-state index in [1.54, 1.807) is 30.3 Å². The third kappa shape index (κ3) is 3.64. The molecule has 1 aliphatic rings. The number of benzene rings is 5. The van der Waals surface area contributed by atoms with Crippen molar-refractivity contribution >= 4 is 33.6 Å². The summed E-state index contributed by atoms with van der Waals surface area (Å²) in [7, 11) is 0. The summed E-state index contributed by atoms with van der Waals surface area (Å²) in [5, 5.41) is 2.29. The van der Waals surface area contributed by atoms with Crippen molar-refractivity contribution in [3.63, 3.8) is 0 Å². The highest BCUT2D eigenvalue weighted by Crippen LogP contribution is 2.45. The molecule has 0 bridgehead atoms. The van der Waals surface area contributed by atoms with E-state index >= 15 is 0 Å². The van der Waals surface area contributed by atoms with Crippen LogP contribution < -0.4 is 0 Å². The molecule has 38 heavy (non-hydrogen) atoms. The molecule has 6 aromatic rings. The Hall–Kier alpha value is -5.16. The SMILES string of the molecule is O=C(COC(=O)c1ccc2nc3c(nc2c1)-c1cccc2cccc-3c12)c1ccc(-c2ccccc2)cc1. The molecule has 0 fully saturated rings. The van der Waals surface area contributed by atoms with Crippen molar-refractivity contribution in [2.75, 3.05) is 6.61 Å². The molecule has 5 nitrogen and oxygen atoms in total. The molecule has 0 aliphatic heterocycles. The number of Topliss-reactive ketones (excluding diaryl/α,β-unsaturated/α-hetero) is 1. The van der Waals surface area contributed by atoms with Crippen molar-refractivity contribution in [1.29, 1.82) is 0 Å². The number of rotatable bonds is 5. The summed E-state index contributed by atoms with van der Waals surface area (Å²) in [6.45, 7) is -0.339. The van der Waals surface area contributed by atoms with Crippen molar-refractivity contribution in [2.45, 2.75) is 0 Å². The lowest BCUT2D eigenvalue weighted by Gasteiger charge is -2.08. The van der Waals surface area contributed by atoms with Gasteiger partial charge in [0, 0.05) is 22.1 Å².